The Kier molecular flexibility index (Phi) is 1.46. The van der Waals surface area contributed by atoms with E-state index in [1.807, 2.05) is 30.9 Å². The van der Waals surface area contributed by atoms with Gasteiger partial charge in [-0.15, -0.1) is 0 Å². The Morgan fingerprint density at radius 2 is 2.21 bits per heavy atom. The minimum absolute atomic E-state index is 0.891. The van der Waals surface area contributed by atoms with Crippen molar-refractivity contribution in [3.63, 3.8) is 0 Å². The summed E-state index contributed by atoms with van der Waals surface area (Å²) in [6, 6.07) is 4.03. The highest BCUT2D eigenvalue weighted by atomic mass is 15.2. The van der Waals surface area contributed by atoms with E-state index >= 15 is 0 Å². The van der Waals surface area contributed by atoms with Gasteiger partial charge < -0.3 is 0 Å². The number of hydrogen-bond acceptors (Lipinski definition) is 2. The first-order chi connectivity index (χ1) is 9.42. The van der Waals surface area contributed by atoms with Crippen molar-refractivity contribution >= 4 is 11.3 Å². The quantitative estimate of drug-likeness (QED) is 0.387. The SMILES string of the molecule is c1cnc2cn3c4[n+](cc3n2c1)Cc1cnccc1-4. The monoisotopic (exact) mass is 248 g/mol. The smallest absolute Gasteiger partial charge is 0.264 e. The third-order valence-electron chi connectivity index (χ3n) is 3.77. The zero-order valence-electron chi connectivity index (χ0n) is 10.1. The fourth-order valence-electron chi connectivity index (χ4n) is 2.96. The van der Waals surface area contributed by atoms with Gasteiger partial charge in [-0.2, -0.15) is 4.40 Å². The molecule has 90 valence electrons. The maximum absolute atomic E-state index is 4.39. The van der Waals surface area contributed by atoms with Crippen LogP contribution in [0.25, 0.3) is 22.7 Å². The predicted molar refractivity (Wildman–Crippen MR) is 68.7 cm³/mol. The first-order valence-corrected chi connectivity index (χ1v) is 6.22. The molecule has 0 unspecified atom stereocenters. The van der Waals surface area contributed by atoms with E-state index in [2.05, 4.69) is 41.8 Å². The Labute approximate surface area is 108 Å². The van der Waals surface area contributed by atoms with Crippen LogP contribution in [-0.4, -0.2) is 18.8 Å². The number of nitrogens with zero attached hydrogens (tertiary/aromatic N) is 5. The molecule has 5 nitrogen and oxygen atoms in total. The standard InChI is InChI=1S/C14H10N5/c1-3-16-12-8-19-13(18(12)5-1)9-17-7-10-6-15-4-2-11(10)14(17)19/h1-6,8-9H,7H2/q+1. The lowest BCUT2D eigenvalue weighted by molar-refractivity contribution is -0.670. The highest BCUT2D eigenvalue weighted by Crippen LogP contribution is 2.27. The average Bonchev–Trinajstić information content (AvgIpc) is 3.05. The number of fused-ring (bicyclic) bond motifs is 7. The molecule has 1 aliphatic rings. The van der Waals surface area contributed by atoms with Gasteiger partial charge in [-0.25, -0.2) is 9.55 Å². The van der Waals surface area contributed by atoms with Crippen molar-refractivity contribution in [1.29, 1.82) is 0 Å². The normalized spacial score (nSPS) is 13.1. The molecule has 0 atom stereocenters. The van der Waals surface area contributed by atoms with Crippen LogP contribution < -0.4 is 4.57 Å². The van der Waals surface area contributed by atoms with E-state index in [0.717, 1.165) is 17.8 Å². The van der Waals surface area contributed by atoms with Crippen LogP contribution in [0.3, 0.4) is 0 Å². The molecule has 19 heavy (non-hydrogen) atoms. The van der Waals surface area contributed by atoms with Gasteiger partial charge in [-0.1, -0.05) is 0 Å². The van der Waals surface area contributed by atoms with E-state index in [9.17, 15) is 0 Å². The summed E-state index contributed by atoms with van der Waals surface area (Å²) in [6.07, 6.45) is 11.9. The number of aromatic nitrogens is 5. The van der Waals surface area contributed by atoms with Gasteiger partial charge in [0.1, 0.15) is 12.7 Å². The molecule has 0 bridgehead atoms. The molecule has 5 rings (SSSR count). The van der Waals surface area contributed by atoms with Crippen molar-refractivity contribution in [2.24, 2.45) is 0 Å². The van der Waals surface area contributed by atoms with Crippen LogP contribution in [0.2, 0.25) is 0 Å². The molecule has 0 saturated heterocycles. The van der Waals surface area contributed by atoms with Gasteiger partial charge >= 0.3 is 0 Å². The van der Waals surface area contributed by atoms with Crippen molar-refractivity contribution in [3.05, 3.63) is 54.9 Å². The number of rotatable bonds is 0. The van der Waals surface area contributed by atoms with Crippen LogP contribution in [0.1, 0.15) is 5.56 Å². The molecule has 0 radical (unpaired) electrons. The summed E-state index contributed by atoms with van der Waals surface area (Å²) in [5.41, 5.74) is 4.63. The second kappa shape index (κ2) is 3.00. The van der Waals surface area contributed by atoms with E-state index < -0.39 is 0 Å². The van der Waals surface area contributed by atoms with E-state index in [4.69, 9.17) is 0 Å². The van der Waals surface area contributed by atoms with E-state index in [1.165, 1.54) is 17.0 Å². The minimum Gasteiger partial charge on any atom is -0.264 e. The third-order valence-corrected chi connectivity index (χ3v) is 3.77. The largest absolute Gasteiger partial charge is 0.296 e. The van der Waals surface area contributed by atoms with E-state index in [-0.39, 0.29) is 0 Å². The van der Waals surface area contributed by atoms with Gasteiger partial charge in [0, 0.05) is 30.4 Å². The van der Waals surface area contributed by atoms with E-state index in [0.29, 0.717) is 0 Å². The lowest BCUT2D eigenvalue weighted by Crippen LogP contribution is -2.29. The van der Waals surface area contributed by atoms with Gasteiger partial charge in [0.25, 0.3) is 11.5 Å². The van der Waals surface area contributed by atoms with Gasteiger partial charge in [0.05, 0.1) is 5.56 Å². The molecule has 4 aromatic rings. The molecule has 5 heterocycles. The minimum atomic E-state index is 0.891. The van der Waals surface area contributed by atoms with Crippen molar-refractivity contribution < 1.29 is 4.57 Å². The van der Waals surface area contributed by atoms with Crippen molar-refractivity contribution in [2.75, 3.05) is 0 Å². The second-order valence-electron chi connectivity index (χ2n) is 4.82. The zero-order valence-corrected chi connectivity index (χ0v) is 10.1. The first kappa shape index (κ1) is 9.27. The lowest BCUT2D eigenvalue weighted by atomic mass is 10.2. The Balaban J connectivity index is 1.97. The Bertz CT molecular complexity index is 947. The summed E-state index contributed by atoms with van der Waals surface area (Å²) in [5.74, 6) is 1.21. The molecular weight excluding hydrogens is 238 g/mol. The summed E-state index contributed by atoms with van der Waals surface area (Å²) in [4.78, 5) is 8.59. The molecule has 0 fully saturated rings. The molecule has 4 aromatic heterocycles. The molecule has 0 amide bonds. The number of imidazole rings is 2. The van der Waals surface area contributed by atoms with Crippen LogP contribution in [-0.2, 0) is 6.54 Å². The fraction of sp³-hybridized carbons (Fsp3) is 0.0714. The molecule has 0 aliphatic carbocycles. The summed E-state index contributed by atoms with van der Waals surface area (Å²) in [5, 5.41) is 0. The lowest BCUT2D eigenvalue weighted by Gasteiger charge is -1.91. The van der Waals surface area contributed by atoms with Crippen molar-refractivity contribution in [2.45, 2.75) is 6.54 Å². The highest BCUT2D eigenvalue weighted by molar-refractivity contribution is 5.65. The third kappa shape index (κ3) is 1.03. The number of hydrogen-bond donors (Lipinski definition) is 0. The Morgan fingerprint density at radius 1 is 1.21 bits per heavy atom. The molecule has 0 aromatic carbocycles. The Morgan fingerprint density at radius 3 is 3.21 bits per heavy atom. The summed E-state index contributed by atoms with van der Waals surface area (Å²) in [7, 11) is 0. The highest BCUT2D eigenvalue weighted by Gasteiger charge is 2.31. The molecule has 5 heteroatoms. The van der Waals surface area contributed by atoms with Gasteiger partial charge in [0.2, 0.25) is 0 Å². The first-order valence-electron chi connectivity index (χ1n) is 6.22. The van der Waals surface area contributed by atoms with Gasteiger partial charge in [-0.3, -0.25) is 9.38 Å². The van der Waals surface area contributed by atoms with Crippen molar-refractivity contribution in [1.82, 2.24) is 18.8 Å². The molecular formula is C14H10N5+. The molecule has 1 aliphatic heterocycles. The zero-order chi connectivity index (χ0) is 12.4. The Hall–Kier alpha value is -2.69. The molecule has 0 spiro atoms. The van der Waals surface area contributed by atoms with Crippen LogP contribution in [0.15, 0.2) is 49.3 Å². The summed E-state index contributed by atoms with van der Waals surface area (Å²) < 4.78 is 6.57. The topological polar surface area (TPSA) is 38.5 Å². The fourth-order valence-corrected chi connectivity index (χ4v) is 2.96. The van der Waals surface area contributed by atoms with Gasteiger partial charge in [0.15, 0.2) is 11.8 Å². The van der Waals surface area contributed by atoms with Crippen LogP contribution in [0.4, 0.5) is 0 Å². The van der Waals surface area contributed by atoms with Crippen LogP contribution in [0.5, 0.6) is 0 Å². The molecule has 0 saturated carbocycles. The van der Waals surface area contributed by atoms with Crippen LogP contribution >= 0.6 is 0 Å². The predicted octanol–water partition coefficient (Wildman–Crippen LogP) is 1.30. The molecule has 0 N–H and O–H groups in total. The van der Waals surface area contributed by atoms with Crippen LogP contribution in [0, 0.1) is 0 Å². The van der Waals surface area contributed by atoms with Gasteiger partial charge in [-0.05, 0) is 12.1 Å². The average molecular weight is 248 g/mol. The summed E-state index contributed by atoms with van der Waals surface area (Å²) in [6.45, 7) is 0.891. The number of pyridine rings is 1. The van der Waals surface area contributed by atoms with Crippen molar-refractivity contribution in [3.8, 4) is 11.4 Å². The maximum Gasteiger partial charge on any atom is 0.296 e. The maximum atomic E-state index is 4.39. The second-order valence-corrected chi connectivity index (χ2v) is 4.82. The van der Waals surface area contributed by atoms with E-state index in [1.54, 1.807) is 0 Å². The summed E-state index contributed by atoms with van der Waals surface area (Å²) >= 11 is 0.